The molecule has 0 spiro atoms. The van der Waals surface area contributed by atoms with Crippen LogP contribution < -0.4 is 5.32 Å². The molecule has 2 nitrogen and oxygen atoms in total. The van der Waals surface area contributed by atoms with E-state index < -0.39 is 0 Å². The molecule has 1 unspecified atom stereocenters. The molecule has 1 heterocycles. The minimum atomic E-state index is -0.226. The largest absolute Gasteiger partial charge is 0.464 e. The molecule has 1 atom stereocenters. The minimum absolute atomic E-state index is 0.0587. The third kappa shape index (κ3) is 4.17. The SMILES string of the molecule is CCCNC(Cc1cccc(F)c1Br)c1ccc(CC)o1. The highest BCUT2D eigenvalue weighted by atomic mass is 79.9. The van der Waals surface area contributed by atoms with Gasteiger partial charge in [-0.1, -0.05) is 26.0 Å². The van der Waals surface area contributed by atoms with Gasteiger partial charge in [-0.2, -0.15) is 0 Å². The van der Waals surface area contributed by atoms with Gasteiger partial charge in [0.25, 0.3) is 0 Å². The zero-order valence-corrected chi connectivity index (χ0v) is 14.0. The zero-order valence-electron chi connectivity index (χ0n) is 12.5. The molecule has 0 aliphatic rings. The number of aryl methyl sites for hydroxylation is 1. The summed E-state index contributed by atoms with van der Waals surface area (Å²) in [6.07, 6.45) is 2.61. The fraction of sp³-hybridized carbons (Fsp3) is 0.412. The van der Waals surface area contributed by atoms with Crippen molar-refractivity contribution in [3.63, 3.8) is 0 Å². The lowest BCUT2D eigenvalue weighted by Crippen LogP contribution is -2.24. The first-order valence-corrected chi connectivity index (χ1v) is 8.19. The van der Waals surface area contributed by atoms with E-state index >= 15 is 0 Å². The van der Waals surface area contributed by atoms with E-state index in [0.717, 1.165) is 36.5 Å². The quantitative estimate of drug-likeness (QED) is 0.755. The molecule has 0 radical (unpaired) electrons. The average molecular weight is 354 g/mol. The van der Waals surface area contributed by atoms with Crippen LogP contribution >= 0.6 is 15.9 Å². The van der Waals surface area contributed by atoms with Crippen LogP contribution in [0.2, 0.25) is 0 Å². The normalized spacial score (nSPS) is 12.6. The minimum Gasteiger partial charge on any atom is -0.464 e. The molecule has 0 aliphatic carbocycles. The highest BCUT2D eigenvalue weighted by Crippen LogP contribution is 2.27. The van der Waals surface area contributed by atoms with Crippen LogP contribution in [0.1, 0.15) is 43.4 Å². The van der Waals surface area contributed by atoms with Gasteiger partial charge in [0.2, 0.25) is 0 Å². The van der Waals surface area contributed by atoms with Gasteiger partial charge in [-0.15, -0.1) is 0 Å². The lowest BCUT2D eigenvalue weighted by atomic mass is 10.0. The summed E-state index contributed by atoms with van der Waals surface area (Å²) in [5.41, 5.74) is 0.943. The number of halogens is 2. The maximum absolute atomic E-state index is 13.7. The van der Waals surface area contributed by atoms with Crippen LogP contribution in [-0.4, -0.2) is 6.54 Å². The van der Waals surface area contributed by atoms with Crippen LogP contribution in [0, 0.1) is 5.82 Å². The first kappa shape index (κ1) is 16.2. The second-order valence-corrected chi connectivity index (χ2v) is 5.87. The van der Waals surface area contributed by atoms with Crippen molar-refractivity contribution < 1.29 is 8.81 Å². The molecule has 114 valence electrons. The van der Waals surface area contributed by atoms with Crippen LogP contribution in [0.15, 0.2) is 39.2 Å². The zero-order chi connectivity index (χ0) is 15.2. The molecule has 21 heavy (non-hydrogen) atoms. The van der Waals surface area contributed by atoms with E-state index in [9.17, 15) is 4.39 Å². The number of nitrogens with one attached hydrogen (secondary N) is 1. The summed E-state index contributed by atoms with van der Waals surface area (Å²) in [6.45, 7) is 5.10. The first-order valence-electron chi connectivity index (χ1n) is 7.40. The third-order valence-corrected chi connectivity index (χ3v) is 4.36. The fourth-order valence-corrected chi connectivity index (χ4v) is 2.72. The summed E-state index contributed by atoms with van der Waals surface area (Å²) in [6, 6.07) is 9.23. The van der Waals surface area contributed by atoms with Gasteiger partial charge >= 0.3 is 0 Å². The van der Waals surface area contributed by atoms with E-state index in [-0.39, 0.29) is 11.9 Å². The summed E-state index contributed by atoms with van der Waals surface area (Å²) >= 11 is 3.33. The second kappa shape index (κ2) is 7.76. The van der Waals surface area contributed by atoms with Gasteiger partial charge in [0.05, 0.1) is 10.5 Å². The molecular weight excluding hydrogens is 333 g/mol. The van der Waals surface area contributed by atoms with E-state index in [1.165, 1.54) is 6.07 Å². The lowest BCUT2D eigenvalue weighted by Gasteiger charge is -2.17. The molecule has 0 aliphatic heterocycles. The molecule has 4 heteroatoms. The maximum atomic E-state index is 13.7. The van der Waals surface area contributed by atoms with Crippen molar-refractivity contribution in [3.8, 4) is 0 Å². The summed E-state index contributed by atoms with van der Waals surface area (Å²) in [4.78, 5) is 0. The number of hydrogen-bond donors (Lipinski definition) is 1. The molecule has 1 aromatic carbocycles. The summed E-state index contributed by atoms with van der Waals surface area (Å²) < 4.78 is 20.1. The van der Waals surface area contributed by atoms with Crippen molar-refractivity contribution in [1.29, 1.82) is 0 Å². The monoisotopic (exact) mass is 353 g/mol. The van der Waals surface area contributed by atoms with Crippen molar-refractivity contribution in [2.75, 3.05) is 6.54 Å². The van der Waals surface area contributed by atoms with E-state index in [0.29, 0.717) is 10.9 Å². The Labute approximate surface area is 133 Å². The first-order chi connectivity index (χ1) is 10.2. The molecule has 0 bridgehead atoms. The van der Waals surface area contributed by atoms with Crippen molar-refractivity contribution >= 4 is 15.9 Å². The highest BCUT2D eigenvalue weighted by molar-refractivity contribution is 9.10. The van der Waals surface area contributed by atoms with Crippen LogP contribution in [0.3, 0.4) is 0 Å². The van der Waals surface area contributed by atoms with Gasteiger partial charge in [-0.05, 0) is 59.1 Å². The van der Waals surface area contributed by atoms with Gasteiger partial charge in [-0.25, -0.2) is 4.39 Å². The van der Waals surface area contributed by atoms with Crippen LogP contribution in [0.25, 0.3) is 0 Å². The van der Waals surface area contributed by atoms with E-state index in [1.807, 2.05) is 18.2 Å². The third-order valence-electron chi connectivity index (χ3n) is 3.47. The average Bonchev–Trinajstić information content (AvgIpc) is 2.96. The van der Waals surface area contributed by atoms with Crippen LogP contribution in [0.4, 0.5) is 4.39 Å². The van der Waals surface area contributed by atoms with E-state index in [4.69, 9.17) is 4.42 Å². The van der Waals surface area contributed by atoms with E-state index in [1.54, 1.807) is 6.07 Å². The summed E-state index contributed by atoms with van der Waals surface area (Å²) in [5, 5.41) is 3.48. The highest BCUT2D eigenvalue weighted by Gasteiger charge is 2.17. The number of furan rings is 1. The molecular formula is C17H21BrFNO. The second-order valence-electron chi connectivity index (χ2n) is 5.08. The Morgan fingerprint density at radius 1 is 1.24 bits per heavy atom. The van der Waals surface area contributed by atoms with Crippen molar-refractivity contribution in [1.82, 2.24) is 5.32 Å². The van der Waals surface area contributed by atoms with Crippen LogP contribution in [0.5, 0.6) is 0 Å². The van der Waals surface area contributed by atoms with Gasteiger partial charge in [-0.3, -0.25) is 0 Å². The Hall–Kier alpha value is -1.13. The van der Waals surface area contributed by atoms with Gasteiger partial charge < -0.3 is 9.73 Å². The number of benzene rings is 1. The predicted octanol–water partition coefficient (Wildman–Crippen LogP) is 5.03. The van der Waals surface area contributed by atoms with Crippen molar-refractivity contribution in [2.24, 2.45) is 0 Å². The topological polar surface area (TPSA) is 25.2 Å². The Balaban J connectivity index is 2.21. The predicted molar refractivity (Wildman–Crippen MR) is 86.9 cm³/mol. The fourth-order valence-electron chi connectivity index (χ4n) is 2.29. The van der Waals surface area contributed by atoms with Crippen molar-refractivity contribution in [3.05, 3.63) is 57.7 Å². The Bertz CT molecular complexity index is 582. The Morgan fingerprint density at radius 2 is 2.05 bits per heavy atom. The number of rotatable bonds is 7. The molecule has 1 aromatic heterocycles. The maximum Gasteiger partial charge on any atom is 0.137 e. The standard InChI is InChI=1S/C17H21BrFNO/c1-3-10-20-15(16-9-8-13(4-2)21-16)11-12-6-5-7-14(19)17(12)18/h5-9,15,20H,3-4,10-11H2,1-2H3. The molecule has 2 rings (SSSR count). The smallest absolute Gasteiger partial charge is 0.137 e. The number of hydrogen-bond acceptors (Lipinski definition) is 2. The molecule has 2 aromatic rings. The van der Waals surface area contributed by atoms with Crippen LogP contribution in [-0.2, 0) is 12.8 Å². The molecule has 0 fully saturated rings. The van der Waals surface area contributed by atoms with E-state index in [2.05, 4.69) is 35.1 Å². The lowest BCUT2D eigenvalue weighted by molar-refractivity contribution is 0.391. The Kier molecular flexibility index (Phi) is 6.00. The summed E-state index contributed by atoms with van der Waals surface area (Å²) in [7, 11) is 0. The van der Waals surface area contributed by atoms with Gasteiger partial charge in [0, 0.05) is 6.42 Å². The molecule has 0 amide bonds. The molecule has 0 saturated heterocycles. The summed E-state index contributed by atoms with van der Waals surface area (Å²) in [5.74, 6) is 1.67. The van der Waals surface area contributed by atoms with Gasteiger partial charge in [0.1, 0.15) is 17.3 Å². The van der Waals surface area contributed by atoms with Crippen molar-refractivity contribution in [2.45, 2.75) is 39.2 Å². The van der Waals surface area contributed by atoms with Gasteiger partial charge in [0.15, 0.2) is 0 Å². The Morgan fingerprint density at radius 3 is 2.71 bits per heavy atom. The molecule has 0 saturated carbocycles. The molecule has 1 N–H and O–H groups in total.